The molecule has 5 heteroatoms. The monoisotopic (exact) mass is 752 g/mol. The predicted octanol–water partition coefficient (Wildman–Crippen LogP) is 8.95. The van der Waals surface area contributed by atoms with Crippen LogP contribution in [-0.4, -0.2) is 44.5 Å². The van der Waals surface area contributed by atoms with E-state index in [2.05, 4.69) is 148 Å². The van der Waals surface area contributed by atoms with Gasteiger partial charge in [-0.25, -0.2) is 0 Å². The van der Waals surface area contributed by atoms with Gasteiger partial charge in [-0.1, -0.05) is 0 Å². The van der Waals surface area contributed by atoms with Crippen LogP contribution in [0.3, 0.4) is 0 Å². The zero-order valence-electron chi connectivity index (χ0n) is 27.0. The molecule has 0 saturated heterocycles. The first-order chi connectivity index (χ1) is 20.0. The van der Waals surface area contributed by atoms with Gasteiger partial charge in [-0.3, -0.25) is 0 Å². The first-order valence-electron chi connectivity index (χ1n) is 14.9. The third kappa shape index (κ3) is 10.5. The molecule has 0 aliphatic heterocycles. The Balaban J connectivity index is 0.000000293. The van der Waals surface area contributed by atoms with Crippen molar-refractivity contribution < 1.29 is 19.5 Å². The molecule has 0 saturated carbocycles. The summed E-state index contributed by atoms with van der Waals surface area (Å²) in [5.74, 6) is 1.89. The fourth-order valence-corrected chi connectivity index (χ4v) is 5.60. The van der Waals surface area contributed by atoms with E-state index in [0.29, 0.717) is 23.7 Å². The molecule has 0 unspecified atom stereocenters. The van der Waals surface area contributed by atoms with Gasteiger partial charge in [-0.2, -0.15) is 0 Å². The minimum Gasteiger partial charge on any atom is 2.00 e. The Morgan fingerprint density at radius 1 is 0.442 bits per heavy atom. The van der Waals surface area contributed by atoms with Gasteiger partial charge in [0.25, 0.3) is 0 Å². The quantitative estimate of drug-likeness (QED) is 0.127. The van der Waals surface area contributed by atoms with Crippen LogP contribution in [0.5, 0.6) is 0 Å². The summed E-state index contributed by atoms with van der Waals surface area (Å²) in [5, 5.41) is 0. The van der Waals surface area contributed by atoms with Gasteiger partial charge >= 0.3 is 292 Å². The van der Waals surface area contributed by atoms with Crippen LogP contribution in [0.1, 0.15) is 112 Å². The van der Waals surface area contributed by atoms with Gasteiger partial charge in [0.1, 0.15) is 0 Å². The van der Waals surface area contributed by atoms with Gasteiger partial charge < -0.3 is 0 Å². The van der Waals surface area contributed by atoms with Crippen molar-refractivity contribution in [3.05, 3.63) is 118 Å². The van der Waals surface area contributed by atoms with Crippen LogP contribution in [0.25, 0.3) is 0 Å². The predicted molar refractivity (Wildman–Crippen MR) is 187 cm³/mol. The van der Waals surface area contributed by atoms with Crippen LogP contribution in [0, 0.1) is 0 Å². The van der Waals surface area contributed by atoms with E-state index in [4.69, 9.17) is 9.98 Å². The molecule has 4 aromatic rings. The average Bonchev–Trinajstić information content (AvgIpc) is 2.96. The fourth-order valence-electron chi connectivity index (χ4n) is 4.76. The smallest absolute Gasteiger partial charge is 2.00 e. The molecular formula is C38H44N2Se2Zn. The van der Waals surface area contributed by atoms with Crippen LogP contribution in [0.4, 0.5) is 11.4 Å². The van der Waals surface area contributed by atoms with Crippen molar-refractivity contribution >= 4 is 64.8 Å². The van der Waals surface area contributed by atoms with Crippen LogP contribution < -0.4 is 8.92 Å². The minimum atomic E-state index is 0. The number of rotatable bonds is 8. The van der Waals surface area contributed by atoms with Crippen LogP contribution in [0.15, 0.2) is 94.9 Å². The molecule has 0 aliphatic rings. The summed E-state index contributed by atoms with van der Waals surface area (Å²) < 4.78 is 2.27. The zero-order chi connectivity index (χ0) is 30.8. The maximum atomic E-state index is 4.83. The average molecular weight is 752 g/mol. The van der Waals surface area contributed by atoms with Gasteiger partial charge in [0.15, 0.2) is 0 Å². The molecule has 43 heavy (non-hydrogen) atoms. The van der Waals surface area contributed by atoms with E-state index in [1.807, 2.05) is 36.7 Å². The maximum Gasteiger partial charge on any atom is 2.00 e. The van der Waals surface area contributed by atoms with E-state index in [-0.39, 0.29) is 19.5 Å². The Hall–Kier alpha value is -2.12. The van der Waals surface area contributed by atoms with Crippen molar-refractivity contribution in [2.24, 2.45) is 9.98 Å². The molecule has 0 spiro atoms. The Kier molecular flexibility index (Phi) is 15.5. The second-order valence-electron chi connectivity index (χ2n) is 11.8. The van der Waals surface area contributed by atoms with Gasteiger partial charge in [-0.05, 0) is 0 Å². The van der Waals surface area contributed by atoms with Gasteiger partial charge in [-0.15, -0.1) is 0 Å². The molecule has 4 aromatic carbocycles. The third-order valence-corrected chi connectivity index (χ3v) is 8.75. The molecule has 0 amide bonds. The van der Waals surface area contributed by atoms with Crippen molar-refractivity contribution in [3.8, 4) is 0 Å². The standard InChI is InChI=1S/2C19H23NSe.Zn/c2*1-13(2)16-9-7-10-17(14(3)4)19(16)20-12-15-8-5-6-11-18(15)21;/h2*5-14,21H,1-4H3;/q;;+2/p-2. The molecule has 0 bridgehead atoms. The van der Waals surface area contributed by atoms with Crippen molar-refractivity contribution in [2.75, 3.05) is 0 Å². The van der Waals surface area contributed by atoms with E-state index in [0.717, 1.165) is 31.4 Å². The molecule has 4 rings (SSSR count). The molecule has 0 fully saturated rings. The summed E-state index contributed by atoms with van der Waals surface area (Å²) in [7, 11) is 0. The molecule has 220 valence electrons. The molecule has 0 atom stereocenters. The topological polar surface area (TPSA) is 24.7 Å². The van der Waals surface area contributed by atoms with Crippen LogP contribution in [0.2, 0.25) is 0 Å². The Bertz CT molecular complexity index is 1350. The van der Waals surface area contributed by atoms with E-state index in [9.17, 15) is 0 Å². The summed E-state index contributed by atoms with van der Waals surface area (Å²) in [6.07, 6.45) is 3.94. The molecular weight excluding hydrogens is 708 g/mol. The first kappa shape index (κ1) is 37.1. The van der Waals surface area contributed by atoms with E-state index < -0.39 is 0 Å². The van der Waals surface area contributed by atoms with Crippen molar-refractivity contribution in [3.63, 3.8) is 0 Å². The summed E-state index contributed by atoms with van der Waals surface area (Å²) in [4.78, 5) is 9.67. The Morgan fingerprint density at radius 3 is 0.977 bits per heavy atom. The molecule has 0 heterocycles. The van der Waals surface area contributed by atoms with Crippen molar-refractivity contribution in [2.45, 2.75) is 79.1 Å². The number of para-hydroxylation sites is 2. The zero-order valence-corrected chi connectivity index (χ0v) is 33.4. The maximum absolute atomic E-state index is 4.83. The number of nitrogens with zero attached hydrogens (tertiary/aromatic N) is 2. The summed E-state index contributed by atoms with van der Waals surface area (Å²) in [5.41, 5.74) is 9.78. The number of hydrogen-bond donors (Lipinski definition) is 0. The fraction of sp³-hybridized carbons (Fsp3) is 0.316. The minimum absolute atomic E-state index is 0. The molecule has 2 nitrogen and oxygen atoms in total. The SMILES string of the molecule is CC(C)c1cccc(C(C)C)c1N=Cc1ccccc1[Se-].CC(C)c1cccc(C(C)C)c1N=Cc1ccccc1[Se-].[Zn+2]. The van der Waals surface area contributed by atoms with E-state index in [1.54, 1.807) is 0 Å². The second-order valence-corrected chi connectivity index (χ2v) is 13.6. The summed E-state index contributed by atoms with van der Waals surface area (Å²) in [6, 6.07) is 29.5. The summed E-state index contributed by atoms with van der Waals surface area (Å²) >= 11 is 6.18. The van der Waals surface area contributed by atoms with E-state index in [1.165, 1.54) is 22.3 Å². The molecule has 0 aromatic heterocycles. The molecule has 0 aliphatic carbocycles. The Labute approximate surface area is 289 Å². The van der Waals surface area contributed by atoms with Crippen LogP contribution >= 0.6 is 0 Å². The number of benzene rings is 4. The normalized spacial score (nSPS) is 11.4. The first-order valence-corrected chi connectivity index (χ1v) is 16.6. The number of aliphatic imine (C=N–C) groups is 2. The van der Waals surface area contributed by atoms with Crippen molar-refractivity contribution in [1.29, 1.82) is 0 Å². The molecule has 0 radical (unpaired) electrons. The van der Waals surface area contributed by atoms with Crippen LogP contribution in [-0.2, 0) is 19.5 Å². The number of hydrogen-bond acceptors (Lipinski definition) is 2. The van der Waals surface area contributed by atoms with Gasteiger partial charge in [0.05, 0.1) is 0 Å². The van der Waals surface area contributed by atoms with Gasteiger partial charge in [0.2, 0.25) is 0 Å². The van der Waals surface area contributed by atoms with Crippen molar-refractivity contribution in [1.82, 2.24) is 0 Å². The van der Waals surface area contributed by atoms with Gasteiger partial charge in [0, 0.05) is 0 Å². The summed E-state index contributed by atoms with van der Waals surface area (Å²) in [6.45, 7) is 17.8. The largest absolute Gasteiger partial charge is 2.00 e. The Morgan fingerprint density at radius 2 is 0.721 bits per heavy atom. The third-order valence-electron chi connectivity index (χ3n) is 7.19. The molecule has 0 N–H and O–H groups in total. The second kappa shape index (κ2) is 18.0. The van der Waals surface area contributed by atoms with E-state index >= 15 is 0 Å².